The molecule has 0 bridgehead atoms. The highest BCUT2D eigenvalue weighted by Gasteiger charge is 2.15. The summed E-state index contributed by atoms with van der Waals surface area (Å²) in [4.78, 5) is 12.6. The fourth-order valence-electron chi connectivity index (χ4n) is 2.46. The van der Waals surface area contributed by atoms with Crippen molar-refractivity contribution in [1.29, 1.82) is 0 Å². The smallest absolute Gasteiger partial charge is 0.272 e. The second kappa shape index (κ2) is 11.2. The van der Waals surface area contributed by atoms with Crippen LogP contribution in [0.3, 0.4) is 0 Å². The zero-order valence-corrected chi connectivity index (χ0v) is 15.2. The molecule has 2 atom stereocenters. The van der Waals surface area contributed by atoms with Crippen molar-refractivity contribution in [3.63, 3.8) is 0 Å². The van der Waals surface area contributed by atoms with Gasteiger partial charge in [-0.25, -0.2) is 0 Å². The van der Waals surface area contributed by atoms with Gasteiger partial charge in [-0.15, -0.1) is 0 Å². The van der Waals surface area contributed by atoms with Crippen LogP contribution >= 0.6 is 0 Å². The lowest BCUT2D eigenvalue weighted by atomic mass is 9.92. The lowest BCUT2D eigenvalue weighted by Gasteiger charge is -2.13. The van der Waals surface area contributed by atoms with Crippen molar-refractivity contribution >= 4 is 5.78 Å². The van der Waals surface area contributed by atoms with E-state index in [9.17, 15) is 4.79 Å². The molecule has 0 heterocycles. The van der Waals surface area contributed by atoms with Crippen LogP contribution in [0.25, 0.3) is 0 Å². The Morgan fingerprint density at radius 1 is 1.00 bits per heavy atom. The number of Topliss-reactive ketones (excluding diaryl/α,β-unsaturated/α-hetero) is 1. The van der Waals surface area contributed by atoms with Gasteiger partial charge in [-0.1, -0.05) is 72.5 Å². The number of carbonyl (C=O) groups is 1. The van der Waals surface area contributed by atoms with Crippen molar-refractivity contribution in [3.05, 3.63) is 71.8 Å². The van der Waals surface area contributed by atoms with Crippen molar-refractivity contribution in [2.24, 2.45) is 0 Å². The predicted octanol–water partition coefficient (Wildman–Crippen LogP) is 4.03. The van der Waals surface area contributed by atoms with Crippen LogP contribution in [0.5, 0.6) is 0 Å². The SMILES string of the molecule is CCOC(OC)OCC#CC(CC(=O)c1ccccc1)c1ccccc1. The molecule has 2 rings (SSSR count). The van der Waals surface area contributed by atoms with Crippen LogP contribution in [0.2, 0.25) is 0 Å². The molecule has 0 aliphatic rings. The molecular formula is C22H24O4. The first-order chi connectivity index (χ1) is 12.7. The van der Waals surface area contributed by atoms with Crippen LogP contribution in [-0.4, -0.2) is 32.6 Å². The molecule has 136 valence electrons. The van der Waals surface area contributed by atoms with E-state index < -0.39 is 6.48 Å². The number of ether oxygens (including phenoxy) is 3. The van der Waals surface area contributed by atoms with E-state index in [4.69, 9.17) is 14.2 Å². The van der Waals surface area contributed by atoms with Crippen LogP contribution in [0, 0.1) is 11.8 Å². The third kappa shape index (κ3) is 6.45. The van der Waals surface area contributed by atoms with Gasteiger partial charge in [0.2, 0.25) is 0 Å². The molecule has 0 aromatic heterocycles. The van der Waals surface area contributed by atoms with Gasteiger partial charge in [-0.2, -0.15) is 0 Å². The highest BCUT2D eigenvalue weighted by atomic mass is 16.8. The minimum Gasteiger partial charge on any atom is -0.333 e. The quantitative estimate of drug-likeness (QED) is 0.388. The zero-order chi connectivity index (χ0) is 18.6. The number of ketones is 1. The summed E-state index contributed by atoms with van der Waals surface area (Å²) in [6.07, 6.45) is 0.320. The molecule has 2 aromatic rings. The second-order valence-corrected chi connectivity index (χ2v) is 5.57. The predicted molar refractivity (Wildman–Crippen MR) is 101 cm³/mol. The van der Waals surface area contributed by atoms with Gasteiger partial charge in [0, 0.05) is 25.7 Å². The van der Waals surface area contributed by atoms with E-state index in [0.717, 1.165) is 5.56 Å². The van der Waals surface area contributed by atoms with Crippen molar-refractivity contribution in [2.75, 3.05) is 20.3 Å². The Kier molecular flexibility index (Phi) is 8.57. The molecule has 0 spiro atoms. The lowest BCUT2D eigenvalue weighted by Crippen LogP contribution is -2.19. The first-order valence-electron chi connectivity index (χ1n) is 8.62. The zero-order valence-electron chi connectivity index (χ0n) is 15.2. The molecule has 0 aliphatic carbocycles. The van der Waals surface area contributed by atoms with E-state index in [2.05, 4.69) is 11.8 Å². The maximum atomic E-state index is 12.6. The number of methoxy groups -OCH3 is 1. The summed E-state index contributed by atoms with van der Waals surface area (Å²) in [5, 5.41) is 0. The highest BCUT2D eigenvalue weighted by Crippen LogP contribution is 2.21. The highest BCUT2D eigenvalue weighted by molar-refractivity contribution is 5.96. The Morgan fingerprint density at radius 2 is 1.65 bits per heavy atom. The average molecular weight is 352 g/mol. The van der Waals surface area contributed by atoms with E-state index in [1.54, 1.807) is 0 Å². The summed E-state index contributed by atoms with van der Waals surface area (Å²) in [6, 6.07) is 19.1. The number of hydrogen-bond acceptors (Lipinski definition) is 4. The van der Waals surface area contributed by atoms with Crippen molar-refractivity contribution in [1.82, 2.24) is 0 Å². The maximum absolute atomic E-state index is 12.6. The Bertz CT molecular complexity index is 716. The fraction of sp³-hybridized carbons (Fsp3) is 0.318. The monoisotopic (exact) mass is 352 g/mol. The standard InChI is InChI=1S/C22H24O4/c1-3-25-22(24-2)26-16-10-15-20(18-11-6-4-7-12-18)17-21(23)19-13-8-5-9-14-19/h4-9,11-14,20,22H,3,16-17H2,1-2H3. The fourth-order valence-corrected chi connectivity index (χ4v) is 2.46. The van der Waals surface area contributed by atoms with E-state index in [1.165, 1.54) is 7.11 Å². The van der Waals surface area contributed by atoms with Crippen LogP contribution in [0.15, 0.2) is 60.7 Å². The lowest BCUT2D eigenvalue weighted by molar-refractivity contribution is -0.269. The third-order valence-corrected chi connectivity index (χ3v) is 3.75. The number of rotatable bonds is 9. The molecule has 0 saturated heterocycles. The van der Waals surface area contributed by atoms with Gasteiger partial charge in [0.05, 0.1) is 5.92 Å². The molecular weight excluding hydrogens is 328 g/mol. The normalized spacial score (nSPS) is 12.7. The van der Waals surface area contributed by atoms with Gasteiger partial charge in [-0.3, -0.25) is 4.79 Å². The molecule has 4 heteroatoms. The summed E-state index contributed by atoms with van der Waals surface area (Å²) >= 11 is 0. The largest absolute Gasteiger partial charge is 0.333 e. The summed E-state index contributed by atoms with van der Waals surface area (Å²) in [5.74, 6) is 6.01. The number of carbonyl (C=O) groups excluding carboxylic acids is 1. The van der Waals surface area contributed by atoms with Gasteiger partial charge in [0.25, 0.3) is 6.48 Å². The summed E-state index contributed by atoms with van der Waals surface area (Å²) < 4.78 is 15.7. The van der Waals surface area contributed by atoms with Gasteiger partial charge in [0.15, 0.2) is 5.78 Å². The van der Waals surface area contributed by atoms with Gasteiger partial charge in [0.1, 0.15) is 6.61 Å². The van der Waals surface area contributed by atoms with E-state index in [0.29, 0.717) is 18.6 Å². The molecule has 0 amide bonds. The Hall–Kier alpha value is -2.45. The Balaban J connectivity index is 2.06. The van der Waals surface area contributed by atoms with Crippen molar-refractivity contribution < 1.29 is 19.0 Å². The minimum atomic E-state index is -0.726. The summed E-state index contributed by atoms with van der Waals surface area (Å²) in [7, 11) is 1.51. The second-order valence-electron chi connectivity index (χ2n) is 5.57. The van der Waals surface area contributed by atoms with Gasteiger partial charge < -0.3 is 14.2 Å². The molecule has 0 radical (unpaired) electrons. The van der Waals surface area contributed by atoms with Crippen LogP contribution in [0.1, 0.15) is 35.2 Å². The molecule has 26 heavy (non-hydrogen) atoms. The molecule has 4 nitrogen and oxygen atoms in total. The average Bonchev–Trinajstić information content (AvgIpc) is 2.70. The van der Waals surface area contributed by atoms with Crippen molar-refractivity contribution in [2.45, 2.75) is 25.7 Å². The molecule has 0 N–H and O–H groups in total. The number of hydrogen-bond donors (Lipinski definition) is 0. The van der Waals surface area contributed by atoms with E-state index in [-0.39, 0.29) is 18.3 Å². The molecule has 2 aromatic carbocycles. The summed E-state index contributed by atoms with van der Waals surface area (Å²) in [5.41, 5.74) is 1.71. The molecule has 2 unspecified atom stereocenters. The van der Waals surface area contributed by atoms with E-state index >= 15 is 0 Å². The molecule has 0 saturated carbocycles. The Labute approximate surface area is 155 Å². The molecule has 0 aliphatic heterocycles. The van der Waals surface area contributed by atoms with Crippen molar-refractivity contribution in [3.8, 4) is 11.8 Å². The first-order valence-corrected chi connectivity index (χ1v) is 8.62. The number of benzene rings is 2. The summed E-state index contributed by atoms with van der Waals surface area (Å²) in [6.45, 7) is 1.79. The minimum absolute atomic E-state index is 0.0683. The molecule has 0 fully saturated rings. The Morgan fingerprint density at radius 3 is 2.27 bits per heavy atom. The van der Waals surface area contributed by atoms with Crippen LogP contribution < -0.4 is 0 Å². The first kappa shape index (κ1) is 19.9. The van der Waals surface area contributed by atoms with Gasteiger partial charge in [-0.05, 0) is 12.5 Å². The topological polar surface area (TPSA) is 44.8 Å². The van der Waals surface area contributed by atoms with Crippen LogP contribution in [0.4, 0.5) is 0 Å². The van der Waals surface area contributed by atoms with E-state index in [1.807, 2.05) is 67.6 Å². The third-order valence-electron chi connectivity index (χ3n) is 3.75. The maximum Gasteiger partial charge on any atom is 0.272 e. The van der Waals surface area contributed by atoms with Gasteiger partial charge >= 0.3 is 0 Å². The van der Waals surface area contributed by atoms with Crippen LogP contribution in [-0.2, 0) is 14.2 Å².